The van der Waals surface area contributed by atoms with E-state index in [9.17, 15) is 0 Å². The summed E-state index contributed by atoms with van der Waals surface area (Å²) in [7, 11) is 2.17. The van der Waals surface area contributed by atoms with Crippen molar-refractivity contribution >= 4 is 0 Å². The average molecular weight is 241 g/mol. The maximum absolute atomic E-state index is 5.53. The van der Waals surface area contributed by atoms with Crippen LogP contribution in [0.25, 0.3) is 0 Å². The summed E-state index contributed by atoms with van der Waals surface area (Å²) >= 11 is 0. The maximum Gasteiger partial charge on any atom is -0.00187 e. The van der Waals surface area contributed by atoms with E-state index in [1.165, 1.54) is 64.8 Å². The van der Waals surface area contributed by atoms with E-state index in [-0.39, 0.29) is 0 Å². The van der Waals surface area contributed by atoms with Crippen LogP contribution >= 0.6 is 0 Å². The van der Waals surface area contributed by atoms with Gasteiger partial charge in [0.15, 0.2) is 0 Å². The molecule has 0 aromatic heterocycles. The van der Waals surface area contributed by atoms with Crippen LogP contribution in [0.2, 0.25) is 0 Å². The second-order valence-electron chi connectivity index (χ2n) is 5.48. The first-order chi connectivity index (χ1) is 8.26. The van der Waals surface area contributed by atoms with Crippen LogP contribution in [0.1, 0.15) is 39.0 Å². The summed E-state index contributed by atoms with van der Waals surface area (Å²) in [6, 6.07) is 0. The standard InChI is InChI=1S/C7H16N2.C7H15N/c1-9-4-2-7(6-8)3-5-9;1-2-8-6-4-3-5-7-8/h7H,2-6,8H2,1H3;2-7H2,1H3. The summed E-state index contributed by atoms with van der Waals surface area (Å²) in [6.45, 7) is 9.54. The largest absolute Gasteiger partial charge is 0.330 e. The number of rotatable bonds is 2. The molecule has 2 rings (SSSR count). The third kappa shape index (κ3) is 6.39. The first kappa shape index (κ1) is 14.9. The first-order valence-electron chi connectivity index (χ1n) is 7.37. The maximum atomic E-state index is 5.53. The molecule has 17 heavy (non-hydrogen) atoms. The topological polar surface area (TPSA) is 32.5 Å². The first-order valence-corrected chi connectivity index (χ1v) is 7.37. The number of likely N-dealkylation sites (tertiary alicyclic amines) is 2. The molecule has 2 aliphatic heterocycles. The highest BCUT2D eigenvalue weighted by molar-refractivity contribution is 4.69. The highest BCUT2D eigenvalue weighted by Crippen LogP contribution is 2.13. The fraction of sp³-hybridized carbons (Fsp3) is 1.00. The number of nitrogens with zero attached hydrogens (tertiary/aromatic N) is 2. The van der Waals surface area contributed by atoms with E-state index in [1.54, 1.807) is 0 Å². The summed E-state index contributed by atoms with van der Waals surface area (Å²) in [4.78, 5) is 4.88. The summed E-state index contributed by atoms with van der Waals surface area (Å²) in [5.74, 6) is 0.807. The van der Waals surface area contributed by atoms with Crippen molar-refractivity contribution in [3.05, 3.63) is 0 Å². The fourth-order valence-electron chi connectivity index (χ4n) is 2.57. The lowest BCUT2D eigenvalue weighted by molar-refractivity contribution is 0.223. The molecular formula is C14H31N3. The molecule has 0 aromatic carbocycles. The smallest absolute Gasteiger partial charge is 0.00187 e. The monoisotopic (exact) mass is 241 g/mol. The van der Waals surface area contributed by atoms with Gasteiger partial charge in [-0.05, 0) is 77.9 Å². The molecule has 3 nitrogen and oxygen atoms in total. The highest BCUT2D eigenvalue weighted by atomic mass is 15.1. The number of hydrogen-bond acceptors (Lipinski definition) is 3. The van der Waals surface area contributed by atoms with E-state index >= 15 is 0 Å². The average Bonchev–Trinajstić information content (AvgIpc) is 2.41. The van der Waals surface area contributed by atoms with Crippen LogP contribution in [0.3, 0.4) is 0 Å². The van der Waals surface area contributed by atoms with Crippen molar-refractivity contribution in [2.24, 2.45) is 11.7 Å². The van der Waals surface area contributed by atoms with E-state index < -0.39 is 0 Å². The molecule has 2 heterocycles. The predicted molar refractivity (Wildman–Crippen MR) is 75.2 cm³/mol. The van der Waals surface area contributed by atoms with Gasteiger partial charge in [-0.3, -0.25) is 0 Å². The Labute approximate surface area is 107 Å². The third-order valence-electron chi connectivity index (χ3n) is 4.07. The van der Waals surface area contributed by atoms with Gasteiger partial charge in [0.25, 0.3) is 0 Å². The Kier molecular flexibility index (Phi) is 7.82. The minimum atomic E-state index is 0.807. The quantitative estimate of drug-likeness (QED) is 0.800. The van der Waals surface area contributed by atoms with E-state index in [0.717, 1.165) is 12.5 Å². The van der Waals surface area contributed by atoms with Gasteiger partial charge < -0.3 is 15.5 Å². The Bertz CT molecular complexity index is 170. The molecule has 3 heteroatoms. The minimum Gasteiger partial charge on any atom is -0.330 e. The molecular weight excluding hydrogens is 210 g/mol. The fourth-order valence-corrected chi connectivity index (χ4v) is 2.57. The van der Waals surface area contributed by atoms with Crippen molar-refractivity contribution < 1.29 is 0 Å². The molecule has 102 valence electrons. The Balaban J connectivity index is 0.000000171. The van der Waals surface area contributed by atoms with Crippen LogP contribution in [0.4, 0.5) is 0 Å². The van der Waals surface area contributed by atoms with Crippen molar-refractivity contribution in [1.29, 1.82) is 0 Å². The lowest BCUT2D eigenvalue weighted by atomic mass is 9.98. The summed E-state index contributed by atoms with van der Waals surface area (Å²) < 4.78 is 0. The molecule has 2 aliphatic rings. The molecule has 2 saturated heterocycles. The third-order valence-corrected chi connectivity index (χ3v) is 4.07. The molecule has 0 unspecified atom stereocenters. The van der Waals surface area contributed by atoms with E-state index in [1.807, 2.05) is 0 Å². The van der Waals surface area contributed by atoms with Gasteiger partial charge in [-0.15, -0.1) is 0 Å². The highest BCUT2D eigenvalue weighted by Gasteiger charge is 2.13. The summed E-state index contributed by atoms with van der Waals surface area (Å²) in [5, 5.41) is 0. The van der Waals surface area contributed by atoms with Gasteiger partial charge in [0, 0.05) is 0 Å². The molecule has 0 atom stereocenters. The molecule has 0 aromatic rings. The van der Waals surface area contributed by atoms with E-state index in [0.29, 0.717) is 0 Å². The molecule has 0 aliphatic carbocycles. The van der Waals surface area contributed by atoms with E-state index in [4.69, 9.17) is 5.73 Å². The zero-order valence-corrected chi connectivity index (χ0v) is 11.8. The number of hydrogen-bond donors (Lipinski definition) is 1. The van der Waals surface area contributed by atoms with Crippen molar-refractivity contribution in [2.75, 3.05) is 46.3 Å². The normalized spacial score (nSPS) is 24.2. The van der Waals surface area contributed by atoms with Gasteiger partial charge >= 0.3 is 0 Å². The zero-order chi connectivity index (χ0) is 12.5. The predicted octanol–water partition coefficient (Wildman–Crippen LogP) is 1.78. The molecule has 2 fully saturated rings. The van der Waals surface area contributed by atoms with Crippen LogP contribution in [0.15, 0.2) is 0 Å². The Morgan fingerprint density at radius 3 is 2.00 bits per heavy atom. The molecule has 2 N–H and O–H groups in total. The van der Waals surface area contributed by atoms with Gasteiger partial charge in [-0.25, -0.2) is 0 Å². The van der Waals surface area contributed by atoms with Crippen molar-refractivity contribution in [1.82, 2.24) is 9.80 Å². The Morgan fingerprint density at radius 2 is 1.59 bits per heavy atom. The molecule has 0 saturated carbocycles. The Hall–Kier alpha value is -0.120. The lowest BCUT2D eigenvalue weighted by Gasteiger charge is -2.27. The van der Waals surface area contributed by atoms with Crippen LogP contribution in [-0.4, -0.2) is 56.1 Å². The van der Waals surface area contributed by atoms with Gasteiger partial charge in [-0.1, -0.05) is 13.3 Å². The molecule has 0 bridgehead atoms. The van der Waals surface area contributed by atoms with Gasteiger partial charge in [-0.2, -0.15) is 0 Å². The SMILES string of the molecule is CCN1CCCCC1.CN1CCC(CN)CC1. The number of piperidine rings is 2. The van der Waals surface area contributed by atoms with Crippen molar-refractivity contribution in [2.45, 2.75) is 39.0 Å². The minimum absolute atomic E-state index is 0.807. The summed E-state index contributed by atoms with van der Waals surface area (Å²) in [5.41, 5.74) is 5.53. The lowest BCUT2D eigenvalue weighted by Crippen LogP contribution is -2.33. The van der Waals surface area contributed by atoms with Crippen molar-refractivity contribution in [3.8, 4) is 0 Å². The van der Waals surface area contributed by atoms with Crippen LogP contribution < -0.4 is 5.73 Å². The van der Waals surface area contributed by atoms with Crippen LogP contribution in [-0.2, 0) is 0 Å². The van der Waals surface area contributed by atoms with E-state index in [2.05, 4.69) is 23.8 Å². The van der Waals surface area contributed by atoms with Gasteiger partial charge in [0.2, 0.25) is 0 Å². The van der Waals surface area contributed by atoms with Crippen LogP contribution in [0, 0.1) is 5.92 Å². The second kappa shape index (κ2) is 8.90. The van der Waals surface area contributed by atoms with Crippen LogP contribution in [0.5, 0.6) is 0 Å². The Morgan fingerprint density at radius 1 is 1.00 bits per heavy atom. The zero-order valence-electron chi connectivity index (χ0n) is 11.8. The molecule has 0 amide bonds. The van der Waals surface area contributed by atoms with Gasteiger partial charge in [0.1, 0.15) is 0 Å². The number of nitrogens with two attached hydrogens (primary N) is 1. The van der Waals surface area contributed by atoms with Gasteiger partial charge in [0.05, 0.1) is 0 Å². The van der Waals surface area contributed by atoms with Crippen molar-refractivity contribution in [3.63, 3.8) is 0 Å². The second-order valence-corrected chi connectivity index (χ2v) is 5.48. The summed E-state index contributed by atoms with van der Waals surface area (Å²) in [6.07, 6.45) is 6.90. The molecule has 0 radical (unpaired) electrons. The molecule has 0 spiro atoms.